The first kappa shape index (κ1) is 20.1. The topological polar surface area (TPSA) is 143 Å². The lowest BCUT2D eigenvalue weighted by molar-refractivity contribution is -0.139. The SMILES string of the molecule is C[C@@H]1C[C@@H](C[C@H](NC(=O)c2cc(Cl)cnc2N)C(=O)C(=O)NC2CC2)C(=O)N1. The second-order valence-electron chi connectivity index (χ2n) is 7.30. The van der Waals surface area contributed by atoms with Crippen molar-refractivity contribution in [1.29, 1.82) is 0 Å². The van der Waals surface area contributed by atoms with Crippen molar-refractivity contribution < 1.29 is 19.2 Å². The van der Waals surface area contributed by atoms with Crippen LogP contribution in [0.3, 0.4) is 0 Å². The average molecular weight is 408 g/mol. The van der Waals surface area contributed by atoms with Crippen LogP contribution in [0.15, 0.2) is 12.3 Å². The standard InChI is InChI=1S/C18H22ClN5O4/c1-8-4-9(16(26)22-8)5-13(14(25)18(28)23-11-2-3-11)24-17(27)12-6-10(19)7-21-15(12)20/h6-9,11,13H,2-5H2,1H3,(H2,20,21)(H,22,26)(H,23,28)(H,24,27)/t8-,9+,13+/m1/s1. The molecule has 1 aliphatic heterocycles. The fourth-order valence-corrected chi connectivity index (χ4v) is 3.34. The van der Waals surface area contributed by atoms with Crippen LogP contribution in [0.1, 0.15) is 43.0 Å². The summed E-state index contributed by atoms with van der Waals surface area (Å²) in [6.07, 6.45) is 3.48. The normalized spacial score (nSPS) is 22.3. The third kappa shape index (κ3) is 4.78. The van der Waals surface area contributed by atoms with Gasteiger partial charge in [0.1, 0.15) is 5.82 Å². The zero-order valence-electron chi connectivity index (χ0n) is 15.3. The monoisotopic (exact) mass is 407 g/mol. The Hall–Kier alpha value is -2.68. The minimum atomic E-state index is -1.16. The van der Waals surface area contributed by atoms with Crippen LogP contribution >= 0.6 is 11.6 Å². The number of hydrogen-bond donors (Lipinski definition) is 4. The first-order valence-electron chi connectivity index (χ1n) is 9.11. The molecule has 0 unspecified atom stereocenters. The second-order valence-corrected chi connectivity index (χ2v) is 7.74. The van der Waals surface area contributed by atoms with E-state index in [0.717, 1.165) is 12.8 Å². The molecule has 2 fully saturated rings. The zero-order valence-corrected chi connectivity index (χ0v) is 16.1. The molecule has 1 aliphatic carbocycles. The molecule has 3 atom stereocenters. The van der Waals surface area contributed by atoms with Gasteiger partial charge in [0.15, 0.2) is 0 Å². The maximum atomic E-state index is 12.7. The minimum absolute atomic E-state index is 0.00265. The molecular weight excluding hydrogens is 386 g/mol. The summed E-state index contributed by atoms with van der Waals surface area (Å²) in [4.78, 5) is 53.4. The second kappa shape index (κ2) is 8.14. The minimum Gasteiger partial charge on any atom is -0.383 e. The van der Waals surface area contributed by atoms with Crippen LogP contribution in [0.5, 0.6) is 0 Å². The smallest absolute Gasteiger partial charge is 0.289 e. The number of anilines is 1. The molecule has 1 saturated heterocycles. The Kier molecular flexibility index (Phi) is 5.83. The molecule has 5 N–H and O–H groups in total. The summed E-state index contributed by atoms with van der Waals surface area (Å²) < 4.78 is 0. The molecule has 0 spiro atoms. The van der Waals surface area contributed by atoms with Gasteiger partial charge in [-0.3, -0.25) is 19.2 Å². The molecule has 0 bridgehead atoms. The predicted molar refractivity (Wildman–Crippen MR) is 101 cm³/mol. The van der Waals surface area contributed by atoms with Gasteiger partial charge < -0.3 is 21.7 Å². The van der Waals surface area contributed by atoms with Crippen LogP contribution in [0, 0.1) is 5.92 Å². The molecule has 0 aromatic carbocycles. The molecule has 1 aromatic rings. The van der Waals surface area contributed by atoms with E-state index in [1.807, 2.05) is 6.92 Å². The average Bonchev–Trinajstić information content (AvgIpc) is 3.39. The maximum Gasteiger partial charge on any atom is 0.289 e. The lowest BCUT2D eigenvalue weighted by atomic mass is 9.94. The van der Waals surface area contributed by atoms with Crippen LogP contribution in [0.4, 0.5) is 5.82 Å². The van der Waals surface area contributed by atoms with Crippen molar-refractivity contribution in [3.63, 3.8) is 0 Å². The maximum absolute atomic E-state index is 12.7. The number of rotatable bonds is 7. The predicted octanol–water partition coefficient (Wildman–Crippen LogP) is 0.178. The summed E-state index contributed by atoms with van der Waals surface area (Å²) in [5.41, 5.74) is 5.72. The Morgan fingerprint density at radius 2 is 2.11 bits per heavy atom. The van der Waals surface area contributed by atoms with E-state index in [1.54, 1.807) is 0 Å². The van der Waals surface area contributed by atoms with Crippen molar-refractivity contribution in [3.05, 3.63) is 22.8 Å². The summed E-state index contributed by atoms with van der Waals surface area (Å²) >= 11 is 5.87. The first-order valence-corrected chi connectivity index (χ1v) is 9.49. The van der Waals surface area contributed by atoms with E-state index < -0.39 is 29.6 Å². The van der Waals surface area contributed by atoms with Gasteiger partial charge in [0.05, 0.1) is 16.6 Å². The Labute approximate surface area is 166 Å². The van der Waals surface area contributed by atoms with Crippen LogP contribution < -0.4 is 21.7 Å². The largest absolute Gasteiger partial charge is 0.383 e. The summed E-state index contributed by atoms with van der Waals surface area (Å²) in [5, 5.41) is 8.12. The molecular formula is C18H22ClN5O4. The first-order chi connectivity index (χ1) is 13.2. The van der Waals surface area contributed by atoms with Crippen molar-refractivity contribution in [1.82, 2.24) is 20.9 Å². The van der Waals surface area contributed by atoms with Crippen molar-refractivity contribution in [2.45, 2.75) is 50.7 Å². The van der Waals surface area contributed by atoms with Crippen LogP contribution in [-0.4, -0.2) is 46.6 Å². The molecule has 2 aliphatic rings. The summed E-state index contributed by atoms with van der Waals surface area (Å²) in [5.74, 6) is -2.98. The quantitative estimate of drug-likeness (QED) is 0.474. The van der Waals surface area contributed by atoms with Crippen LogP contribution in [-0.2, 0) is 14.4 Å². The van der Waals surface area contributed by atoms with Crippen molar-refractivity contribution >= 4 is 40.9 Å². The molecule has 1 saturated carbocycles. The van der Waals surface area contributed by atoms with E-state index in [2.05, 4.69) is 20.9 Å². The summed E-state index contributed by atoms with van der Waals surface area (Å²) in [6.45, 7) is 1.85. The molecule has 28 heavy (non-hydrogen) atoms. The van der Waals surface area contributed by atoms with Gasteiger partial charge in [-0.05, 0) is 38.7 Å². The summed E-state index contributed by atoms with van der Waals surface area (Å²) in [6, 6.07) is 0.133. The molecule has 0 radical (unpaired) electrons. The number of nitrogens with one attached hydrogen (secondary N) is 3. The number of nitrogens with zero attached hydrogens (tertiary/aromatic N) is 1. The Bertz CT molecular complexity index is 826. The molecule has 150 valence electrons. The molecule has 10 heteroatoms. The van der Waals surface area contributed by atoms with Gasteiger partial charge in [0.25, 0.3) is 11.8 Å². The number of nitrogen functional groups attached to an aromatic ring is 1. The van der Waals surface area contributed by atoms with E-state index >= 15 is 0 Å². The lowest BCUT2D eigenvalue weighted by Crippen LogP contribution is -2.49. The van der Waals surface area contributed by atoms with E-state index in [9.17, 15) is 19.2 Å². The van der Waals surface area contributed by atoms with Gasteiger partial charge >= 0.3 is 0 Å². The van der Waals surface area contributed by atoms with Gasteiger partial charge in [-0.25, -0.2) is 4.98 Å². The van der Waals surface area contributed by atoms with Crippen LogP contribution in [0.2, 0.25) is 5.02 Å². The van der Waals surface area contributed by atoms with Gasteiger partial charge in [0.2, 0.25) is 11.7 Å². The van der Waals surface area contributed by atoms with Gasteiger partial charge in [-0.1, -0.05) is 11.6 Å². The fourth-order valence-electron chi connectivity index (χ4n) is 3.18. The van der Waals surface area contributed by atoms with Gasteiger partial charge in [0, 0.05) is 24.2 Å². The Morgan fingerprint density at radius 1 is 1.39 bits per heavy atom. The summed E-state index contributed by atoms with van der Waals surface area (Å²) in [7, 11) is 0. The number of carbonyl (C=O) groups is 4. The lowest BCUT2D eigenvalue weighted by Gasteiger charge is -2.20. The van der Waals surface area contributed by atoms with Crippen molar-refractivity contribution in [2.24, 2.45) is 5.92 Å². The molecule has 9 nitrogen and oxygen atoms in total. The number of ketones is 1. The number of halogens is 1. The highest BCUT2D eigenvalue weighted by Gasteiger charge is 2.37. The number of pyridine rings is 1. The van der Waals surface area contributed by atoms with E-state index in [-0.39, 0.29) is 40.8 Å². The number of carbonyl (C=O) groups excluding carboxylic acids is 4. The third-order valence-electron chi connectivity index (χ3n) is 4.81. The Morgan fingerprint density at radius 3 is 2.71 bits per heavy atom. The highest BCUT2D eigenvalue weighted by atomic mass is 35.5. The molecule has 2 heterocycles. The number of hydrogen-bond acceptors (Lipinski definition) is 6. The van der Waals surface area contributed by atoms with Gasteiger partial charge in [-0.15, -0.1) is 0 Å². The fraction of sp³-hybridized carbons (Fsp3) is 0.500. The highest BCUT2D eigenvalue weighted by molar-refractivity contribution is 6.38. The highest BCUT2D eigenvalue weighted by Crippen LogP contribution is 2.23. The molecule has 3 amide bonds. The number of nitrogens with two attached hydrogens (primary N) is 1. The third-order valence-corrected chi connectivity index (χ3v) is 5.01. The number of Topliss-reactive ketones (excluding diaryl/α,β-unsaturated/α-hetero) is 1. The molecule has 1 aromatic heterocycles. The molecule has 3 rings (SSSR count). The van der Waals surface area contributed by atoms with Gasteiger partial charge in [-0.2, -0.15) is 0 Å². The number of amides is 3. The number of aromatic nitrogens is 1. The van der Waals surface area contributed by atoms with Crippen molar-refractivity contribution in [3.8, 4) is 0 Å². The van der Waals surface area contributed by atoms with E-state index in [0.29, 0.717) is 6.42 Å². The van der Waals surface area contributed by atoms with Crippen molar-refractivity contribution in [2.75, 3.05) is 5.73 Å². The zero-order chi connectivity index (χ0) is 20.4. The van der Waals surface area contributed by atoms with Crippen LogP contribution in [0.25, 0.3) is 0 Å². The Balaban J connectivity index is 1.77. The van der Waals surface area contributed by atoms with E-state index in [1.165, 1.54) is 12.3 Å². The van der Waals surface area contributed by atoms with E-state index in [4.69, 9.17) is 17.3 Å².